The van der Waals surface area contributed by atoms with E-state index in [1.54, 1.807) is 0 Å². The van der Waals surface area contributed by atoms with Crippen LogP contribution in [0.1, 0.15) is 60.9 Å². The largest absolute Gasteiger partial charge is 0.490 e. The van der Waals surface area contributed by atoms with Crippen LogP contribution < -0.4 is 4.74 Å². The molecule has 1 saturated carbocycles. The van der Waals surface area contributed by atoms with Crippen LogP contribution in [-0.4, -0.2) is 24.1 Å². The van der Waals surface area contributed by atoms with Crippen LogP contribution in [0.3, 0.4) is 0 Å². The molecule has 1 spiro atoms. The minimum absolute atomic E-state index is 0.0929. The van der Waals surface area contributed by atoms with Crippen LogP contribution in [0.2, 0.25) is 0 Å². The van der Waals surface area contributed by atoms with Crippen molar-refractivity contribution < 1.29 is 14.3 Å². The SMILES string of the molecule is O=C1CCc2cc(OC3CCOC4(CCCC4)C3)ccc21. The van der Waals surface area contributed by atoms with Crippen LogP contribution in [0, 0.1) is 0 Å². The number of Topliss-reactive ketones (excluding diaryl/α,β-unsaturated/α-hetero) is 1. The van der Waals surface area contributed by atoms with Gasteiger partial charge in [-0.25, -0.2) is 0 Å². The Labute approximate surface area is 125 Å². The third kappa shape index (κ3) is 2.48. The standard InChI is InChI=1S/C18H22O3/c19-17-6-3-13-11-14(4-5-16(13)17)21-15-7-10-20-18(12-15)8-1-2-9-18/h4-5,11,15H,1-3,6-10,12H2. The summed E-state index contributed by atoms with van der Waals surface area (Å²) in [6.45, 7) is 0.814. The van der Waals surface area contributed by atoms with Gasteiger partial charge in [-0.3, -0.25) is 4.79 Å². The summed E-state index contributed by atoms with van der Waals surface area (Å²) in [7, 11) is 0. The highest BCUT2D eigenvalue weighted by Gasteiger charge is 2.40. The summed E-state index contributed by atoms with van der Waals surface area (Å²) in [6, 6.07) is 5.96. The van der Waals surface area contributed by atoms with Gasteiger partial charge < -0.3 is 9.47 Å². The summed E-state index contributed by atoms with van der Waals surface area (Å²) in [4.78, 5) is 11.7. The monoisotopic (exact) mass is 286 g/mol. The third-order valence-electron chi connectivity index (χ3n) is 5.26. The number of carbonyl (C=O) groups is 1. The predicted molar refractivity (Wildman–Crippen MR) is 79.9 cm³/mol. The van der Waals surface area contributed by atoms with Crippen molar-refractivity contribution in [1.82, 2.24) is 0 Å². The minimum atomic E-state index is 0.0929. The number of aryl methyl sites for hydroxylation is 1. The first kappa shape index (κ1) is 13.3. The van der Waals surface area contributed by atoms with Gasteiger partial charge in [-0.1, -0.05) is 12.8 Å². The zero-order chi connectivity index (χ0) is 14.3. The highest BCUT2D eigenvalue weighted by atomic mass is 16.5. The van der Waals surface area contributed by atoms with Crippen LogP contribution in [0.15, 0.2) is 18.2 Å². The Kier molecular flexibility index (Phi) is 3.26. The van der Waals surface area contributed by atoms with E-state index in [1.165, 1.54) is 25.7 Å². The Bertz CT molecular complexity index is 558. The van der Waals surface area contributed by atoms with Gasteiger partial charge in [0.2, 0.25) is 0 Å². The van der Waals surface area contributed by atoms with Gasteiger partial charge in [0.1, 0.15) is 11.9 Å². The van der Waals surface area contributed by atoms with E-state index in [4.69, 9.17) is 9.47 Å². The number of hydrogen-bond donors (Lipinski definition) is 0. The Morgan fingerprint density at radius 1 is 1.19 bits per heavy atom. The van der Waals surface area contributed by atoms with E-state index in [9.17, 15) is 4.79 Å². The van der Waals surface area contributed by atoms with Crippen molar-refractivity contribution in [2.24, 2.45) is 0 Å². The number of carbonyl (C=O) groups excluding carboxylic acids is 1. The zero-order valence-electron chi connectivity index (χ0n) is 12.4. The molecule has 1 unspecified atom stereocenters. The van der Waals surface area contributed by atoms with Crippen LogP contribution in [0.4, 0.5) is 0 Å². The lowest BCUT2D eigenvalue weighted by atomic mass is 9.90. The number of rotatable bonds is 2. The van der Waals surface area contributed by atoms with Crippen LogP contribution >= 0.6 is 0 Å². The first-order valence-corrected chi connectivity index (χ1v) is 8.21. The molecule has 1 aliphatic heterocycles. The lowest BCUT2D eigenvalue weighted by Crippen LogP contribution is -2.41. The van der Waals surface area contributed by atoms with Gasteiger partial charge >= 0.3 is 0 Å². The maximum absolute atomic E-state index is 11.7. The predicted octanol–water partition coefficient (Wildman–Crippen LogP) is 3.69. The summed E-state index contributed by atoms with van der Waals surface area (Å²) in [5, 5.41) is 0. The highest BCUT2D eigenvalue weighted by Crippen LogP contribution is 2.41. The fraction of sp³-hybridized carbons (Fsp3) is 0.611. The smallest absolute Gasteiger partial charge is 0.163 e. The molecule has 1 saturated heterocycles. The van der Waals surface area contributed by atoms with E-state index >= 15 is 0 Å². The van der Waals surface area contributed by atoms with Gasteiger partial charge in [0.15, 0.2) is 5.78 Å². The molecule has 2 fully saturated rings. The third-order valence-corrected chi connectivity index (χ3v) is 5.26. The average molecular weight is 286 g/mol. The molecule has 112 valence electrons. The summed E-state index contributed by atoms with van der Waals surface area (Å²) in [5.74, 6) is 1.19. The van der Waals surface area contributed by atoms with E-state index in [0.29, 0.717) is 6.42 Å². The van der Waals surface area contributed by atoms with Gasteiger partial charge in [-0.15, -0.1) is 0 Å². The second-order valence-corrected chi connectivity index (χ2v) is 6.71. The Hall–Kier alpha value is -1.35. The number of fused-ring (bicyclic) bond motifs is 1. The van der Waals surface area contributed by atoms with E-state index in [0.717, 1.165) is 42.7 Å². The summed E-state index contributed by atoms with van der Waals surface area (Å²) < 4.78 is 12.3. The molecular weight excluding hydrogens is 264 g/mol. The molecule has 1 heterocycles. The molecule has 3 heteroatoms. The molecule has 1 aromatic rings. The van der Waals surface area contributed by atoms with Gasteiger partial charge in [0.25, 0.3) is 0 Å². The van der Waals surface area contributed by atoms with E-state index in [1.807, 2.05) is 12.1 Å². The minimum Gasteiger partial charge on any atom is -0.490 e. The molecule has 3 aliphatic rings. The normalized spacial score (nSPS) is 27.0. The quantitative estimate of drug-likeness (QED) is 0.832. The van der Waals surface area contributed by atoms with Crippen molar-refractivity contribution in [3.8, 4) is 5.75 Å². The van der Waals surface area contributed by atoms with Gasteiger partial charge in [0, 0.05) is 24.8 Å². The molecule has 3 nitrogen and oxygen atoms in total. The number of ketones is 1. The van der Waals surface area contributed by atoms with Gasteiger partial charge in [-0.05, 0) is 43.0 Å². The lowest BCUT2D eigenvalue weighted by Gasteiger charge is -2.38. The molecule has 0 radical (unpaired) electrons. The molecule has 1 atom stereocenters. The van der Waals surface area contributed by atoms with Crippen molar-refractivity contribution in [2.75, 3.05) is 6.61 Å². The molecule has 0 N–H and O–H groups in total. The molecule has 1 aromatic carbocycles. The van der Waals surface area contributed by atoms with Crippen molar-refractivity contribution in [3.05, 3.63) is 29.3 Å². The number of benzene rings is 1. The second-order valence-electron chi connectivity index (χ2n) is 6.71. The first-order chi connectivity index (χ1) is 10.2. The molecule has 0 bridgehead atoms. The zero-order valence-corrected chi connectivity index (χ0v) is 12.4. The summed E-state index contributed by atoms with van der Waals surface area (Å²) in [6.07, 6.45) is 8.70. The summed E-state index contributed by atoms with van der Waals surface area (Å²) >= 11 is 0. The van der Waals surface area contributed by atoms with Gasteiger partial charge in [-0.2, -0.15) is 0 Å². The molecule has 4 rings (SSSR count). The number of hydrogen-bond acceptors (Lipinski definition) is 3. The fourth-order valence-corrected chi connectivity index (χ4v) is 4.15. The van der Waals surface area contributed by atoms with E-state index < -0.39 is 0 Å². The van der Waals surface area contributed by atoms with Crippen molar-refractivity contribution in [1.29, 1.82) is 0 Å². The Morgan fingerprint density at radius 2 is 2.05 bits per heavy atom. The Balaban J connectivity index is 1.47. The first-order valence-electron chi connectivity index (χ1n) is 8.21. The molecule has 2 aliphatic carbocycles. The van der Waals surface area contributed by atoms with Crippen molar-refractivity contribution in [3.63, 3.8) is 0 Å². The van der Waals surface area contributed by atoms with E-state index in [-0.39, 0.29) is 17.5 Å². The topological polar surface area (TPSA) is 35.5 Å². The molecular formula is C18H22O3. The second kappa shape index (κ2) is 5.13. The maximum Gasteiger partial charge on any atom is 0.163 e. The average Bonchev–Trinajstić information content (AvgIpc) is 3.07. The van der Waals surface area contributed by atoms with E-state index in [2.05, 4.69) is 6.07 Å². The summed E-state index contributed by atoms with van der Waals surface area (Å²) in [5.41, 5.74) is 2.14. The Morgan fingerprint density at radius 3 is 2.90 bits per heavy atom. The van der Waals surface area contributed by atoms with Crippen molar-refractivity contribution in [2.45, 2.75) is 63.1 Å². The van der Waals surface area contributed by atoms with Crippen LogP contribution in [-0.2, 0) is 11.2 Å². The maximum atomic E-state index is 11.7. The van der Waals surface area contributed by atoms with Gasteiger partial charge in [0.05, 0.1) is 12.2 Å². The fourth-order valence-electron chi connectivity index (χ4n) is 4.15. The molecule has 21 heavy (non-hydrogen) atoms. The number of ether oxygens (including phenoxy) is 2. The molecule has 0 aromatic heterocycles. The van der Waals surface area contributed by atoms with Crippen LogP contribution in [0.25, 0.3) is 0 Å². The molecule has 0 amide bonds. The van der Waals surface area contributed by atoms with Crippen molar-refractivity contribution >= 4 is 5.78 Å². The highest BCUT2D eigenvalue weighted by molar-refractivity contribution is 6.00. The lowest BCUT2D eigenvalue weighted by molar-refractivity contribution is -0.108. The van der Waals surface area contributed by atoms with Crippen LogP contribution in [0.5, 0.6) is 5.75 Å².